The van der Waals surface area contributed by atoms with Gasteiger partial charge in [-0.15, -0.1) is 0 Å². The largest absolute Gasteiger partial charge is 0.478 e. The van der Waals surface area contributed by atoms with Crippen LogP contribution in [0.1, 0.15) is 34.1 Å². The summed E-state index contributed by atoms with van der Waals surface area (Å²) in [5.41, 5.74) is 0.291. The molecule has 1 N–H and O–H groups in total. The first kappa shape index (κ1) is 13.5. The average Bonchev–Trinajstić information content (AvgIpc) is 2.46. The molecule has 0 spiro atoms. The van der Waals surface area contributed by atoms with Crippen molar-refractivity contribution in [2.24, 2.45) is 0 Å². The minimum Gasteiger partial charge on any atom is -0.478 e. The zero-order chi connectivity index (χ0) is 13.8. The fraction of sp³-hybridized carbons (Fsp3) is 0.429. The molecule has 1 saturated heterocycles. The van der Waals surface area contributed by atoms with Gasteiger partial charge in [0.25, 0.3) is 5.91 Å². The molecule has 1 aromatic rings. The Kier molecular flexibility index (Phi) is 4.16. The number of morpholine rings is 1. The Hall–Kier alpha value is -1.88. The Morgan fingerprint density at radius 1 is 1.37 bits per heavy atom. The molecule has 1 aromatic carbocycles. The van der Waals surface area contributed by atoms with E-state index >= 15 is 0 Å². The van der Waals surface area contributed by atoms with E-state index in [2.05, 4.69) is 0 Å². The topological polar surface area (TPSA) is 66.8 Å². The van der Waals surface area contributed by atoms with Gasteiger partial charge in [-0.2, -0.15) is 0 Å². The summed E-state index contributed by atoms with van der Waals surface area (Å²) < 4.78 is 5.51. The van der Waals surface area contributed by atoms with Crippen molar-refractivity contribution in [1.82, 2.24) is 4.90 Å². The van der Waals surface area contributed by atoms with Gasteiger partial charge in [0.2, 0.25) is 0 Å². The average molecular weight is 263 g/mol. The van der Waals surface area contributed by atoms with Crippen molar-refractivity contribution < 1.29 is 19.4 Å². The maximum absolute atomic E-state index is 12.4. The lowest BCUT2D eigenvalue weighted by molar-refractivity contribution is -0.0226. The van der Waals surface area contributed by atoms with E-state index in [0.29, 0.717) is 19.7 Å². The smallest absolute Gasteiger partial charge is 0.336 e. The quantitative estimate of drug-likeness (QED) is 0.900. The lowest BCUT2D eigenvalue weighted by Gasteiger charge is -2.32. The second-order valence-corrected chi connectivity index (χ2v) is 4.50. The molecule has 102 valence electrons. The Morgan fingerprint density at radius 3 is 2.68 bits per heavy atom. The van der Waals surface area contributed by atoms with Gasteiger partial charge in [-0.3, -0.25) is 4.79 Å². The first-order valence-electron chi connectivity index (χ1n) is 6.36. The van der Waals surface area contributed by atoms with Crippen molar-refractivity contribution in [3.63, 3.8) is 0 Å². The summed E-state index contributed by atoms with van der Waals surface area (Å²) in [5.74, 6) is -1.32. The lowest BCUT2D eigenvalue weighted by Crippen LogP contribution is -2.45. The summed E-state index contributed by atoms with van der Waals surface area (Å²) in [6.07, 6.45) is 0.874. The van der Waals surface area contributed by atoms with E-state index in [4.69, 9.17) is 9.84 Å². The molecule has 0 saturated carbocycles. The Balaban J connectivity index is 2.22. The van der Waals surface area contributed by atoms with Gasteiger partial charge in [-0.1, -0.05) is 19.1 Å². The third kappa shape index (κ3) is 2.93. The third-order valence-corrected chi connectivity index (χ3v) is 3.27. The Morgan fingerprint density at radius 2 is 2.05 bits per heavy atom. The van der Waals surface area contributed by atoms with Crippen LogP contribution in [-0.2, 0) is 4.74 Å². The number of rotatable bonds is 3. The molecule has 0 aliphatic carbocycles. The number of ether oxygens (including phenoxy) is 1. The van der Waals surface area contributed by atoms with Gasteiger partial charge in [-0.25, -0.2) is 4.79 Å². The molecule has 5 nitrogen and oxygen atoms in total. The van der Waals surface area contributed by atoms with Crippen molar-refractivity contribution in [2.45, 2.75) is 19.4 Å². The monoisotopic (exact) mass is 263 g/mol. The normalized spacial score (nSPS) is 19.2. The molecular formula is C14H17NO4. The van der Waals surface area contributed by atoms with Crippen LogP contribution in [-0.4, -0.2) is 47.7 Å². The highest BCUT2D eigenvalue weighted by Gasteiger charge is 2.26. The molecule has 1 heterocycles. The summed E-state index contributed by atoms with van der Waals surface area (Å²) in [6, 6.07) is 6.31. The number of aromatic carboxylic acids is 1. The number of hydrogen-bond donors (Lipinski definition) is 1. The zero-order valence-corrected chi connectivity index (χ0v) is 10.8. The fourth-order valence-corrected chi connectivity index (χ4v) is 2.18. The van der Waals surface area contributed by atoms with Gasteiger partial charge in [0, 0.05) is 13.1 Å². The van der Waals surface area contributed by atoms with E-state index in [1.165, 1.54) is 6.07 Å². The number of benzene rings is 1. The highest BCUT2D eigenvalue weighted by Crippen LogP contribution is 2.15. The van der Waals surface area contributed by atoms with Crippen LogP contribution in [0.2, 0.25) is 0 Å². The molecule has 2 rings (SSSR count). The van der Waals surface area contributed by atoms with Crippen LogP contribution in [0, 0.1) is 0 Å². The van der Waals surface area contributed by atoms with Gasteiger partial charge in [0.1, 0.15) is 0 Å². The van der Waals surface area contributed by atoms with Crippen molar-refractivity contribution in [3.8, 4) is 0 Å². The second-order valence-electron chi connectivity index (χ2n) is 4.50. The molecule has 0 unspecified atom stereocenters. The maximum Gasteiger partial charge on any atom is 0.336 e. The minimum atomic E-state index is -1.08. The lowest BCUT2D eigenvalue weighted by atomic mass is 10.1. The summed E-state index contributed by atoms with van der Waals surface area (Å²) in [6.45, 7) is 3.52. The summed E-state index contributed by atoms with van der Waals surface area (Å²) in [7, 11) is 0. The van der Waals surface area contributed by atoms with Crippen molar-refractivity contribution in [3.05, 3.63) is 35.4 Å². The second kappa shape index (κ2) is 5.84. The van der Waals surface area contributed by atoms with E-state index in [0.717, 1.165) is 6.42 Å². The van der Waals surface area contributed by atoms with Crippen LogP contribution in [0.5, 0.6) is 0 Å². The minimum absolute atomic E-state index is 0.0368. The molecule has 19 heavy (non-hydrogen) atoms. The highest BCUT2D eigenvalue weighted by molar-refractivity contribution is 6.04. The van der Waals surface area contributed by atoms with Crippen LogP contribution in [0.15, 0.2) is 24.3 Å². The number of hydrogen-bond acceptors (Lipinski definition) is 3. The van der Waals surface area contributed by atoms with E-state index < -0.39 is 5.97 Å². The van der Waals surface area contributed by atoms with Gasteiger partial charge in [0.05, 0.1) is 23.8 Å². The predicted octanol–water partition coefficient (Wildman–Crippen LogP) is 1.64. The molecule has 0 radical (unpaired) electrons. The van der Waals surface area contributed by atoms with Gasteiger partial charge in [-0.05, 0) is 18.6 Å². The number of nitrogens with zero attached hydrogens (tertiary/aromatic N) is 1. The molecule has 0 aromatic heterocycles. The number of carbonyl (C=O) groups excluding carboxylic acids is 1. The van der Waals surface area contributed by atoms with Crippen LogP contribution in [0.3, 0.4) is 0 Å². The van der Waals surface area contributed by atoms with Crippen LogP contribution in [0.4, 0.5) is 0 Å². The standard InChI is InChI=1S/C14H17NO4/c1-2-10-9-15(7-8-19-10)13(16)11-5-3-4-6-12(11)14(17)18/h3-6,10H,2,7-9H2,1H3,(H,17,18)/t10-/m1/s1. The van der Waals surface area contributed by atoms with Gasteiger partial charge in [0.15, 0.2) is 0 Å². The highest BCUT2D eigenvalue weighted by atomic mass is 16.5. The van der Waals surface area contributed by atoms with Crippen molar-refractivity contribution in [1.29, 1.82) is 0 Å². The molecule has 1 aliphatic heterocycles. The Bertz CT molecular complexity index is 486. The predicted molar refractivity (Wildman–Crippen MR) is 69.3 cm³/mol. The van der Waals surface area contributed by atoms with Crippen LogP contribution < -0.4 is 0 Å². The first-order valence-corrected chi connectivity index (χ1v) is 6.36. The molecular weight excluding hydrogens is 246 g/mol. The molecule has 1 atom stereocenters. The summed E-state index contributed by atoms with van der Waals surface area (Å²) in [4.78, 5) is 25.2. The molecule has 1 amide bonds. The van der Waals surface area contributed by atoms with Crippen LogP contribution in [0.25, 0.3) is 0 Å². The molecule has 5 heteroatoms. The first-order chi connectivity index (χ1) is 9.13. The van der Waals surface area contributed by atoms with Crippen molar-refractivity contribution >= 4 is 11.9 Å². The van der Waals surface area contributed by atoms with Gasteiger partial charge >= 0.3 is 5.97 Å². The number of carbonyl (C=O) groups is 2. The molecule has 1 aliphatic rings. The number of carboxylic acids is 1. The number of amides is 1. The number of carboxylic acid groups (broad SMARTS) is 1. The Labute approximate surface area is 111 Å². The summed E-state index contributed by atoms with van der Waals surface area (Å²) >= 11 is 0. The summed E-state index contributed by atoms with van der Waals surface area (Å²) in [5, 5.41) is 9.12. The maximum atomic E-state index is 12.4. The van der Waals surface area contributed by atoms with Crippen molar-refractivity contribution in [2.75, 3.05) is 19.7 Å². The van der Waals surface area contributed by atoms with E-state index in [1.54, 1.807) is 23.1 Å². The van der Waals surface area contributed by atoms with E-state index in [-0.39, 0.29) is 23.1 Å². The third-order valence-electron chi connectivity index (χ3n) is 3.27. The fourth-order valence-electron chi connectivity index (χ4n) is 2.18. The zero-order valence-electron chi connectivity index (χ0n) is 10.8. The van der Waals surface area contributed by atoms with E-state index in [9.17, 15) is 9.59 Å². The SMILES string of the molecule is CC[C@@H]1CN(C(=O)c2ccccc2C(=O)O)CCO1. The molecule has 1 fully saturated rings. The van der Waals surface area contributed by atoms with Crippen LogP contribution >= 0.6 is 0 Å². The van der Waals surface area contributed by atoms with E-state index in [1.807, 2.05) is 6.92 Å². The van der Waals surface area contributed by atoms with Gasteiger partial charge < -0.3 is 14.7 Å². The molecule has 0 bridgehead atoms.